The molecule has 13 heteroatoms. The molecule has 0 spiro atoms. The van der Waals surface area contributed by atoms with E-state index in [0.29, 0.717) is 32.1 Å². The van der Waals surface area contributed by atoms with Crippen LogP contribution in [0, 0.1) is 30.3 Å². The minimum Gasteiger partial charge on any atom is -0.386 e. The quantitative estimate of drug-likeness (QED) is 0.124. The van der Waals surface area contributed by atoms with E-state index < -0.39 is 64.0 Å². The van der Waals surface area contributed by atoms with E-state index in [-0.39, 0.29) is 19.3 Å². The van der Waals surface area contributed by atoms with Crippen LogP contribution >= 0.6 is 0 Å². The van der Waals surface area contributed by atoms with Gasteiger partial charge in [0.05, 0.1) is 12.8 Å². The van der Waals surface area contributed by atoms with Crippen LogP contribution in [-0.4, -0.2) is 72.8 Å². The molecule has 33 heavy (non-hydrogen) atoms. The van der Waals surface area contributed by atoms with Gasteiger partial charge in [0.25, 0.3) is 0 Å². The first-order valence-electron chi connectivity index (χ1n) is 11.4. The minimum absolute atomic E-state index is 0.0277. The van der Waals surface area contributed by atoms with Gasteiger partial charge in [0, 0.05) is 21.2 Å². The number of rotatable bonds is 21. The summed E-state index contributed by atoms with van der Waals surface area (Å²) < 4.78 is 0. The van der Waals surface area contributed by atoms with E-state index in [0.717, 1.165) is 12.8 Å². The second-order valence-corrected chi connectivity index (χ2v) is 8.32. The Balaban J connectivity index is 5.09. The summed E-state index contributed by atoms with van der Waals surface area (Å²) in [6.45, 7) is 1.91. The molecule has 0 bridgehead atoms. The van der Waals surface area contributed by atoms with Crippen LogP contribution in [0.1, 0.15) is 84.0 Å². The summed E-state index contributed by atoms with van der Waals surface area (Å²) in [6, 6.07) is -5.29. The highest BCUT2D eigenvalue weighted by molar-refractivity contribution is 5.50. The predicted octanol–water partition coefficient (Wildman–Crippen LogP) is 1.82. The van der Waals surface area contributed by atoms with Crippen molar-refractivity contribution in [2.24, 2.45) is 0 Å². The molecule has 3 N–H and O–H groups in total. The summed E-state index contributed by atoms with van der Waals surface area (Å²) in [5, 5.41) is 64.9. The van der Waals surface area contributed by atoms with E-state index in [2.05, 4.69) is 0 Å². The van der Waals surface area contributed by atoms with Gasteiger partial charge in [-0.25, -0.2) is 0 Å². The fourth-order valence-corrected chi connectivity index (χ4v) is 3.70. The van der Waals surface area contributed by atoms with Crippen molar-refractivity contribution in [3.63, 3.8) is 0 Å². The summed E-state index contributed by atoms with van der Waals surface area (Å²) in [5.74, 6) is 0. The topological polar surface area (TPSA) is 207 Å². The van der Waals surface area contributed by atoms with Gasteiger partial charge in [0.1, 0.15) is 18.3 Å². The Morgan fingerprint density at radius 3 is 1.55 bits per heavy atom. The third-order valence-corrected chi connectivity index (χ3v) is 5.74. The van der Waals surface area contributed by atoms with Gasteiger partial charge in [-0.3, -0.25) is 35.1 Å². The summed E-state index contributed by atoms with van der Waals surface area (Å²) in [5.41, 5.74) is 0. The molecule has 0 aromatic heterocycles. The zero-order valence-electron chi connectivity index (χ0n) is 19.0. The molecule has 6 atom stereocenters. The number of aliphatic hydroxyl groups is 3. The number of hydrogen-bond donors (Lipinski definition) is 3. The summed E-state index contributed by atoms with van der Waals surface area (Å²) in [4.78, 5) is 41.8. The molecule has 13 nitrogen and oxygen atoms in total. The Labute approximate surface area is 192 Å². The molecule has 6 unspecified atom stereocenters. The minimum atomic E-state index is -1.92. The first kappa shape index (κ1) is 30.8. The fourth-order valence-electron chi connectivity index (χ4n) is 3.70. The van der Waals surface area contributed by atoms with Crippen molar-refractivity contribution >= 4 is 6.29 Å². The number of aliphatic hydroxyl groups excluding tert-OH is 3. The smallest absolute Gasteiger partial charge is 0.245 e. The lowest BCUT2D eigenvalue weighted by atomic mass is 9.91. The highest BCUT2D eigenvalue weighted by Gasteiger charge is 2.44. The van der Waals surface area contributed by atoms with E-state index >= 15 is 0 Å². The second-order valence-electron chi connectivity index (χ2n) is 8.32. The lowest BCUT2D eigenvalue weighted by Crippen LogP contribution is -2.46. The van der Waals surface area contributed by atoms with Crippen LogP contribution in [0.25, 0.3) is 0 Å². The van der Waals surface area contributed by atoms with Crippen molar-refractivity contribution < 1.29 is 34.9 Å². The molecule has 0 saturated carbocycles. The van der Waals surface area contributed by atoms with Crippen LogP contribution in [0.5, 0.6) is 0 Å². The average Bonchev–Trinajstić information content (AvgIpc) is 2.73. The molecule has 0 fully saturated rings. The summed E-state index contributed by atoms with van der Waals surface area (Å²) >= 11 is 0. The van der Waals surface area contributed by atoms with Gasteiger partial charge < -0.3 is 15.3 Å². The zero-order chi connectivity index (χ0) is 25.4. The summed E-state index contributed by atoms with van der Waals surface area (Å²) in [7, 11) is 0. The van der Waals surface area contributed by atoms with E-state index in [4.69, 9.17) is 0 Å². The number of nitrogens with zero attached hydrogens (tertiary/aromatic N) is 3. The molecule has 0 heterocycles. The maximum absolute atomic E-state index is 11.5. The highest BCUT2D eigenvalue weighted by atomic mass is 16.6. The van der Waals surface area contributed by atoms with Gasteiger partial charge in [-0.05, 0) is 19.3 Å². The first-order valence-corrected chi connectivity index (χ1v) is 11.4. The molecule has 0 aromatic rings. The average molecular weight is 479 g/mol. The molecule has 1 radical (unpaired) electrons. The Morgan fingerprint density at radius 1 is 0.667 bits per heavy atom. The van der Waals surface area contributed by atoms with Gasteiger partial charge >= 0.3 is 0 Å². The largest absolute Gasteiger partial charge is 0.386 e. The standard InChI is InChI=1S/C20H36N3O10/c1-2-3-7-10-18(25)15(21(28)29)13-16(22(30)31)20(27)14-17(23(32)33)19(26)11-8-5-4-6-9-12-24/h15-20,25-27H,2-11,13-14H2,1H3. The Morgan fingerprint density at radius 2 is 1.09 bits per heavy atom. The molecule has 0 saturated heterocycles. The monoisotopic (exact) mass is 478 g/mol. The van der Waals surface area contributed by atoms with Crippen molar-refractivity contribution in [3.8, 4) is 0 Å². The highest BCUT2D eigenvalue weighted by Crippen LogP contribution is 2.21. The Bertz CT molecular complexity index is 607. The van der Waals surface area contributed by atoms with Crippen LogP contribution in [0.4, 0.5) is 0 Å². The Kier molecular flexibility index (Phi) is 16.1. The third kappa shape index (κ3) is 12.5. The molecule has 191 valence electrons. The van der Waals surface area contributed by atoms with Gasteiger partial charge in [-0.2, -0.15) is 0 Å². The maximum atomic E-state index is 11.5. The fraction of sp³-hybridized carbons (Fsp3) is 0.950. The first-order chi connectivity index (χ1) is 15.6. The van der Waals surface area contributed by atoms with Crippen LogP contribution in [0.15, 0.2) is 0 Å². The van der Waals surface area contributed by atoms with Crippen LogP contribution in [0.3, 0.4) is 0 Å². The van der Waals surface area contributed by atoms with Crippen molar-refractivity contribution in [1.29, 1.82) is 0 Å². The van der Waals surface area contributed by atoms with Crippen LogP contribution in [0.2, 0.25) is 0 Å². The second kappa shape index (κ2) is 17.3. The molecule has 0 aliphatic rings. The van der Waals surface area contributed by atoms with Crippen LogP contribution < -0.4 is 0 Å². The number of hydrogen-bond acceptors (Lipinski definition) is 10. The number of nitro groups is 3. The van der Waals surface area contributed by atoms with Gasteiger partial charge in [0.2, 0.25) is 18.1 Å². The normalized spacial score (nSPS) is 16.8. The molecule has 0 rings (SSSR count). The predicted molar refractivity (Wildman–Crippen MR) is 117 cm³/mol. The molecule has 0 aliphatic carbocycles. The molecular weight excluding hydrogens is 442 g/mol. The van der Waals surface area contributed by atoms with E-state index in [9.17, 15) is 50.5 Å². The zero-order valence-corrected chi connectivity index (χ0v) is 19.0. The lowest BCUT2D eigenvalue weighted by molar-refractivity contribution is -0.578. The third-order valence-electron chi connectivity index (χ3n) is 5.74. The van der Waals surface area contributed by atoms with Gasteiger partial charge in [-0.15, -0.1) is 0 Å². The van der Waals surface area contributed by atoms with Crippen molar-refractivity contribution in [3.05, 3.63) is 30.3 Å². The van der Waals surface area contributed by atoms with Crippen molar-refractivity contribution in [2.45, 2.75) is 120 Å². The molecule has 0 aliphatic heterocycles. The van der Waals surface area contributed by atoms with Crippen LogP contribution in [-0.2, 0) is 4.79 Å². The molecule has 0 aromatic carbocycles. The number of unbranched alkanes of at least 4 members (excludes halogenated alkanes) is 6. The van der Waals surface area contributed by atoms with E-state index in [1.165, 1.54) is 0 Å². The van der Waals surface area contributed by atoms with Crippen molar-refractivity contribution in [1.82, 2.24) is 0 Å². The lowest BCUT2D eigenvalue weighted by Gasteiger charge is -2.23. The molecule has 0 amide bonds. The maximum Gasteiger partial charge on any atom is 0.245 e. The SMILES string of the molecule is CCCCCC(O)C(CC(C(O)CC(C(O)CCCCCC[C]=O)[N+](=O)[O-])[N+](=O)[O-])[N+](=O)[O-]. The van der Waals surface area contributed by atoms with E-state index in [1.54, 1.807) is 6.29 Å². The van der Waals surface area contributed by atoms with Gasteiger partial charge in [0.15, 0.2) is 6.29 Å². The number of carbonyl (C=O) groups excluding carboxylic acids is 1. The molecular formula is C20H36N3O10. The Hall–Kier alpha value is -2.25. The van der Waals surface area contributed by atoms with Crippen molar-refractivity contribution in [2.75, 3.05) is 0 Å². The van der Waals surface area contributed by atoms with Gasteiger partial charge in [-0.1, -0.05) is 45.4 Å². The van der Waals surface area contributed by atoms with E-state index in [1.807, 2.05) is 6.92 Å². The summed E-state index contributed by atoms with van der Waals surface area (Å²) in [6.07, 6.45) is 0.124.